The number of alkyl halides is 2. The van der Waals surface area contributed by atoms with Gasteiger partial charge in [0.2, 0.25) is 0 Å². The first-order valence-electron chi connectivity index (χ1n) is 19.6. The lowest BCUT2D eigenvalue weighted by Gasteiger charge is -2.27. The van der Waals surface area contributed by atoms with Gasteiger partial charge in [0.1, 0.15) is 0 Å². The first kappa shape index (κ1) is 41.8. The molecule has 2 aromatic heterocycles. The third-order valence-electron chi connectivity index (χ3n) is 11.7. The Morgan fingerprint density at radius 2 is 0.900 bits per heavy atom. The van der Waals surface area contributed by atoms with Crippen LogP contribution in [0, 0.1) is 0 Å². The highest BCUT2D eigenvalue weighted by Crippen LogP contribution is 2.56. The molecule has 296 valence electrons. The topological polar surface area (TPSA) is 25.8 Å². The van der Waals surface area contributed by atoms with Gasteiger partial charge in [0, 0.05) is 57.5 Å². The van der Waals surface area contributed by atoms with Crippen LogP contribution in [0.5, 0.6) is 0 Å². The number of aromatic nitrogens is 2. The molecule has 11 rings (SSSR count). The van der Waals surface area contributed by atoms with E-state index < -0.39 is 0 Å². The van der Waals surface area contributed by atoms with Gasteiger partial charge in [0.05, 0.1) is 11.4 Å². The molecule has 0 amide bonds. The van der Waals surface area contributed by atoms with Crippen molar-refractivity contribution in [2.45, 2.75) is 35.3 Å². The Bertz CT molecular complexity index is 2780. The second-order valence-electron chi connectivity index (χ2n) is 15.3. The maximum atomic E-state index is 4.55. The summed E-state index contributed by atoms with van der Waals surface area (Å²) in [6.07, 6.45) is 6.79. The Morgan fingerprint density at radius 1 is 0.417 bits per heavy atom. The molecule has 0 saturated carbocycles. The van der Waals surface area contributed by atoms with Gasteiger partial charge in [-0.2, -0.15) is 0 Å². The Morgan fingerprint density at radius 3 is 1.42 bits per heavy atom. The van der Waals surface area contributed by atoms with Crippen LogP contribution in [-0.2, 0) is 35.3 Å². The van der Waals surface area contributed by atoms with Crippen molar-refractivity contribution in [1.82, 2.24) is 9.97 Å². The molecule has 3 aliphatic rings. The summed E-state index contributed by atoms with van der Waals surface area (Å²) < 4.78 is 4.61. The van der Waals surface area contributed by atoms with E-state index in [0.29, 0.717) is 0 Å². The van der Waals surface area contributed by atoms with E-state index in [0.717, 1.165) is 59.2 Å². The van der Waals surface area contributed by atoms with Gasteiger partial charge in [-0.1, -0.05) is 156 Å². The zero-order valence-corrected chi connectivity index (χ0v) is 41.7. The van der Waals surface area contributed by atoms with Gasteiger partial charge in [0.15, 0.2) is 0 Å². The molecule has 60 heavy (non-hydrogen) atoms. The summed E-state index contributed by atoms with van der Waals surface area (Å²) in [5.74, 6) is 0. The lowest BCUT2D eigenvalue weighted by molar-refractivity contribution is 0.563. The number of hydrogen-bond donors (Lipinski definition) is 0. The van der Waals surface area contributed by atoms with Gasteiger partial charge in [-0.05, 0) is 171 Å². The molecule has 0 atom stereocenters. The lowest BCUT2D eigenvalue weighted by Crippen LogP contribution is -2.25. The van der Waals surface area contributed by atoms with Crippen molar-refractivity contribution in [3.05, 3.63) is 220 Å². The Labute approximate surface area is 402 Å². The van der Waals surface area contributed by atoms with Gasteiger partial charge in [-0.25, -0.2) is 0 Å². The molecular formula is C52H36Br6N2. The van der Waals surface area contributed by atoms with Crippen molar-refractivity contribution in [1.29, 1.82) is 0 Å². The van der Waals surface area contributed by atoms with Crippen LogP contribution >= 0.6 is 95.6 Å². The molecule has 2 nitrogen and oxygen atoms in total. The molecule has 0 saturated heterocycles. The molecule has 0 unspecified atom stereocenters. The van der Waals surface area contributed by atoms with Crippen molar-refractivity contribution in [2.75, 3.05) is 0 Å². The highest BCUT2D eigenvalue weighted by molar-refractivity contribution is 9.11. The predicted molar refractivity (Wildman–Crippen MR) is 270 cm³/mol. The van der Waals surface area contributed by atoms with Crippen LogP contribution in [0.2, 0.25) is 0 Å². The number of halogens is 6. The molecule has 0 fully saturated rings. The summed E-state index contributed by atoms with van der Waals surface area (Å²) in [6, 6.07) is 51.9. The number of fused-ring (bicyclic) bond motifs is 9. The molecule has 2 heterocycles. The summed E-state index contributed by atoms with van der Waals surface area (Å²) in [5, 5.41) is 1.75. The number of nitrogens with zero attached hydrogens (tertiary/aromatic N) is 2. The molecule has 0 N–H and O–H groups in total. The minimum Gasteiger partial charge on any atom is -0.256 e. The van der Waals surface area contributed by atoms with Crippen LogP contribution in [0.15, 0.2) is 176 Å². The largest absolute Gasteiger partial charge is 0.256 e. The molecule has 8 aromatic rings. The Hall–Kier alpha value is -3.50. The quantitative estimate of drug-likeness (QED) is 0.164. The molecular weight excluding hydrogens is 1130 g/mol. The number of rotatable bonds is 4. The van der Waals surface area contributed by atoms with Crippen molar-refractivity contribution < 1.29 is 0 Å². The zero-order chi connectivity index (χ0) is 41.4. The molecule has 0 aliphatic heterocycles. The van der Waals surface area contributed by atoms with Crippen molar-refractivity contribution in [3.63, 3.8) is 0 Å². The van der Waals surface area contributed by atoms with Crippen LogP contribution < -0.4 is 0 Å². The first-order valence-corrected chi connectivity index (χ1v) is 25.0. The average molecular weight is 1170 g/mol. The third kappa shape index (κ3) is 8.37. The second kappa shape index (κ2) is 18.1. The van der Waals surface area contributed by atoms with Gasteiger partial charge < -0.3 is 0 Å². The smallest absolute Gasteiger partial charge is 0.0702 e. The fourth-order valence-electron chi connectivity index (χ4n) is 8.91. The minimum atomic E-state index is 0.00327. The van der Waals surface area contributed by atoms with E-state index in [1.165, 1.54) is 77.9 Å². The highest BCUT2D eigenvalue weighted by Gasteiger charge is 2.47. The molecule has 6 aromatic carbocycles. The van der Waals surface area contributed by atoms with E-state index in [1.54, 1.807) is 0 Å². The number of pyridine rings is 2. The van der Waals surface area contributed by atoms with E-state index in [9.17, 15) is 0 Å². The Balaban J connectivity index is 0.000000127. The fourth-order valence-corrected chi connectivity index (χ4v) is 11.5. The van der Waals surface area contributed by atoms with Gasteiger partial charge in [-0.15, -0.1) is 0 Å². The van der Waals surface area contributed by atoms with Crippen molar-refractivity contribution in [3.8, 4) is 44.8 Å². The van der Waals surface area contributed by atoms with Crippen LogP contribution in [0.1, 0.15) is 44.5 Å². The minimum absolute atomic E-state index is 0.00327. The molecule has 1 spiro atoms. The van der Waals surface area contributed by atoms with E-state index >= 15 is 0 Å². The molecule has 0 radical (unpaired) electrons. The summed E-state index contributed by atoms with van der Waals surface area (Å²) in [7, 11) is 0. The van der Waals surface area contributed by atoms with Crippen molar-refractivity contribution >= 4 is 95.6 Å². The standard InChI is InChI=1S/C26H17Br2N.C13H11Br2N.C13H8Br2/c27-19-6-8-21-22-9-7-20(28)13-24(22)26(23(21)12-19)14-17-5-4-16(11-18(17)15-26)25-3-1-2-10-29-25;14-8-11-5-4-10(7-12(11)9-15)13-3-1-2-6-16-13;14-10-1-3-12-8(6-10)5-9-7-11(15)2-4-13(9)12/h1-13H,14-15H2;1-7H,8-9H2;1-4,6-7H,5H2. The summed E-state index contributed by atoms with van der Waals surface area (Å²) in [4.78, 5) is 8.90. The van der Waals surface area contributed by atoms with Crippen LogP contribution in [-0.4, -0.2) is 9.97 Å². The van der Waals surface area contributed by atoms with Crippen LogP contribution in [0.4, 0.5) is 0 Å². The third-order valence-corrected chi connectivity index (χ3v) is 14.9. The molecule has 8 heteroatoms. The van der Waals surface area contributed by atoms with Crippen LogP contribution in [0.25, 0.3) is 44.8 Å². The Kier molecular flexibility index (Phi) is 12.6. The summed E-state index contributed by atoms with van der Waals surface area (Å²) in [6.45, 7) is 0. The SMILES string of the molecule is BrCc1ccc(-c2ccccn2)cc1CBr.Brc1ccc2c(c1)C1(Cc3ccc(-c4ccccn4)cc3C1)c1cc(Br)ccc1-2.Brc1ccc2c(c1)Cc1cc(Br)ccc1-2. The molecule has 0 bridgehead atoms. The van der Waals surface area contributed by atoms with Gasteiger partial charge in [-0.3, -0.25) is 9.97 Å². The van der Waals surface area contributed by atoms with E-state index in [-0.39, 0.29) is 5.41 Å². The normalized spacial score (nSPS) is 13.2. The second-order valence-corrected chi connectivity index (χ2v) is 20.0. The maximum absolute atomic E-state index is 4.55. The van der Waals surface area contributed by atoms with Crippen LogP contribution in [0.3, 0.4) is 0 Å². The van der Waals surface area contributed by atoms with Gasteiger partial charge in [0.25, 0.3) is 0 Å². The summed E-state index contributed by atoms with van der Waals surface area (Å²) >= 11 is 21.5. The monoisotopic (exact) mass is 1160 g/mol. The number of hydrogen-bond acceptors (Lipinski definition) is 2. The maximum Gasteiger partial charge on any atom is 0.0702 e. The first-order chi connectivity index (χ1) is 29.2. The number of benzene rings is 6. The average Bonchev–Trinajstić information content (AvgIpc) is 3.92. The predicted octanol–water partition coefficient (Wildman–Crippen LogP) is 16.7. The van der Waals surface area contributed by atoms with E-state index in [1.807, 2.05) is 36.7 Å². The fraction of sp³-hybridized carbons (Fsp3) is 0.115. The van der Waals surface area contributed by atoms with Crippen molar-refractivity contribution in [2.24, 2.45) is 0 Å². The zero-order valence-electron chi connectivity index (χ0n) is 32.2. The summed E-state index contributed by atoms with van der Waals surface area (Å²) in [5.41, 5.74) is 21.1. The lowest BCUT2D eigenvalue weighted by atomic mass is 9.76. The van der Waals surface area contributed by atoms with Gasteiger partial charge >= 0.3 is 0 Å². The molecule has 3 aliphatic carbocycles. The van der Waals surface area contributed by atoms with E-state index in [4.69, 9.17) is 0 Å². The highest BCUT2D eigenvalue weighted by atomic mass is 79.9. The van der Waals surface area contributed by atoms with E-state index in [2.05, 4.69) is 227 Å².